The fraction of sp³-hybridized carbons (Fsp3) is 0.0435. The number of hydrazine groups is 2. The monoisotopic (exact) mass is 642 g/mol. The second kappa shape index (κ2) is 11.6. The number of hydrogen-bond acceptors (Lipinski definition) is 4. The first-order valence-corrected chi connectivity index (χ1v) is 17.3. The van der Waals surface area contributed by atoms with Crippen LogP contribution in [0.1, 0.15) is 11.1 Å². The molecule has 0 unspecified atom stereocenters. The molecule has 2 heterocycles. The minimum atomic E-state index is 0.827. The molecule has 0 saturated carbocycles. The topological polar surface area (TPSA) is 13.0 Å². The van der Waals surface area contributed by atoms with Crippen LogP contribution < -0.4 is 20.0 Å². The molecule has 8 aromatic rings. The number of benzene rings is 8. The summed E-state index contributed by atoms with van der Waals surface area (Å²) in [5.74, 6) is 0. The summed E-state index contributed by atoms with van der Waals surface area (Å²) in [7, 11) is 0. The smallest absolute Gasteiger partial charge is 0.0683 e. The van der Waals surface area contributed by atoms with E-state index in [9.17, 15) is 0 Å². The molecule has 4 heteroatoms. The van der Waals surface area contributed by atoms with Crippen molar-refractivity contribution in [1.82, 2.24) is 0 Å². The van der Waals surface area contributed by atoms with Gasteiger partial charge in [0.05, 0.1) is 47.2 Å². The molecule has 2 aliphatic heterocycles. The zero-order chi connectivity index (χ0) is 33.0. The van der Waals surface area contributed by atoms with E-state index in [1.165, 1.54) is 66.5 Å². The average Bonchev–Trinajstić information content (AvgIpc) is 3.77. The molecule has 0 amide bonds. The Balaban J connectivity index is 0.963. The third-order valence-electron chi connectivity index (χ3n) is 10.2. The summed E-state index contributed by atoms with van der Waals surface area (Å²) < 4.78 is 0. The van der Waals surface area contributed by atoms with Crippen molar-refractivity contribution < 1.29 is 0 Å². The van der Waals surface area contributed by atoms with Crippen molar-refractivity contribution in [3.63, 3.8) is 0 Å². The van der Waals surface area contributed by atoms with Crippen LogP contribution in [0, 0.1) is 0 Å². The molecule has 50 heavy (non-hydrogen) atoms. The van der Waals surface area contributed by atoms with Gasteiger partial charge in [0.1, 0.15) is 0 Å². The maximum absolute atomic E-state index is 2.39. The molecule has 0 radical (unpaired) electrons. The molecular weight excluding hydrogens is 609 g/mol. The summed E-state index contributed by atoms with van der Waals surface area (Å²) in [6.07, 6.45) is 0. The number of hydrogen-bond donors (Lipinski definition) is 0. The van der Waals surface area contributed by atoms with Crippen LogP contribution in [-0.2, 0) is 13.1 Å². The molecule has 0 aliphatic carbocycles. The van der Waals surface area contributed by atoms with Crippen LogP contribution in [-0.4, -0.2) is 0 Å². The Labute approximate surface area is 292 Å². The summed E-state index contributed by atoms with van der Waals surface area (Å²) in [6.45, 7) is 1.65. The van der Waals surface area contributed by atoms with E-state index in [0.717, 1.165) is 24.5 Å². The number of fused-ring (bicyclic) bond motifs is 4. The quantitative estimate of drug-likeness (QED) is 0.185. The highest BCUT2D eigenvalue weighted by Crippen LogP contribution is 2.43. The minimum Gasteiger partial charge on any atom is -0.276 e. The second-order valence-electron chi connectivity index (χ2n) is 13.2. The number of para-hydroxylation sites is 2. The first-order chi connectivity index (χ1) is 24.8. The molecule has 0 atom stereocenters. The first kappa shape index (κ1) is 28.5. The zero-order valence-electron chi connectivity index (χ0n) is 27.5. The van der Waals surface area contributed by atoms with Gasteiger partial charge in [-0.3, -0.25) is 20.0 Å². The maximum Gasteiger partial charge on any atom is 0.0683 e. The Kier molecular flexibility index (Phi) is 6.59. The van der Waals surface area contributed by atoms with Crippen LogP contribution in [0.2, 0.25) is 0 Å². The lowest BCUT2D eigenvalue weighted by Crippen LogP contribution is -2.33. The first-order valence-electron chi connectivity index (χ1n) is 17.3. The fourth-order valence-electron chi connectivity index (χ4n) is 7.66. The van der Waals surface area contributed by atoms with Crippen LogP contribution >= 0.6 is 0 Å². The minimum absolute atomic E-state index is 0.827. The molecule has 2 aliphatic rings. The van der Waals surface area contributed by atoms with E-state index in [1.54, 1.807) is 0 Å². The van der Waals surface area contributed by atoms with Crippen molar-refractivity contribution in [3.8, 4) is 11.1 Å². The summed E-state index contributed by atoms with van der Waals surface area (Å²) in [5.41, 5.74) is 12.1. The van der Waals surface area contributed by atoms with Crippen molar-refractivity contribution in [2.45, 2.75) is 13.1 Å². The lowest BCUT2D eigenvalue weighted by molar-refractivity contribution is 0.878. The third-order valence-corrected chi connectivity index (χ3v) is 10.2. The van der Waals surface area contributed by atoms with E-state index in [1.807, 2.05) is 0 Å². The molecule has 0 fully saturated rings. The van der Waals surface area contributed by atoms with Gasteiger partial charge in [0.2, 0.25) is 0 Å². The SMILES string of the molecule is c1ccc2c(c1)CN(c1ccc3ccccc3c1)N2c1ccc(-c2ccc(N3c4ccccc4CN3c3ccc4ccccc4c3)cc2)cc1. The van der Waals surface area contributed by atoms with Gasteiger partial charge in [-0.25, -0.2) is 0 Å². The molecule has 0 aromatic heterocycles. The second-order valence-corrected chi connectivity index (χ2v) is 13.2. The van der Waals surface area contributed by atoms with Crippen molar-refractivity contribution in [2.24, 2.45) is 0 Å². The molecule has 10 rings (SSSR count). The Morgan fingerprint density at radius 1 is 0.300 bits per heavy atom. The van der Waals surface area contributed by atoms with Crippen molar-refractivity contribution in [2.75, 3.05) is 20.0 Å². The maximum atomic E-state index is 2.39. The molecule has 0 spiro atoms. The average molecular weight is 643 g/mol. The van der Waals surface area contributed by atoms with E-state index >= 15 is 0 Å². The molecule has 0 saturated heterocycles. The normalized spacial score (nSPS) is 13.7. The van der Waals surface area contributed by atoms with Crippen molar-refractivity contribution in [3.05, 3.63) is 193 Å². The highest BCUT2D eigenvalue weighted by Gasteiger charge is 2.30. The van der Waals surface area contributed by atoms with Crippen LogP contribution in [0.25, 0.3) is 32.7 Å². The summed E-state index contributed by atoms with van der Waals surface area (Å²) >= 11 is 0. The highest BCUT2D eigenvalue weighted by atomic mass is 15.7. The van der Waals surface area contributed by atoms with Crippen LogP contribution in [0.15, 0.2) is 182 Å². The van der Waals surface area contributed by atoms with E-state index < -0.39 is 0 Å². The van der Waals surface area contributed by atoms with Gasteiger partial charge in [-0.05, 0) is 104 Å². The predicted octanol–water partition coefficient (Wildman–Crippen LogP) is 11.8. The number of anilines is 6. The Bertz CT molecular complexity index is 2340. The van der Waals surface area contributed by atoms with Gasteiger partial charge >= 0.3 is 0 Å². The van der Waals surface area contributed by atoms with Gasteiger partial charge in [0.25, 0.3) is 0 Å². The van der Waals surface area contributed by atoms with Crippen LogP contribution in [0.5, 0.6) is 0 Å². The fourth-order valence-corrected chi connectivity index (χ4v) is 7.66. The van der Waals surface area contributed by atoms with Gasteiger partial charge in [0, 0.05) is 0 Å². The predicted molar refractivity (Wildman–Crippen MR) is 209 cm³/mol. The molecular formula is C46H34N4. The van der Waals surface area contributed by atoms with Gasteiger partial charge in [-0.15, -0.1) is 0 Å². The van der Waals surface area contributed by atoms with Gasteiger partial charge in [-0.2, -0.15) is 0 Å². The summed E-state index contributed by atoms with van der Waals surface area (Å²) in [6, 6.07) is 66.1. The van der Waals surface area contributed by atoms with E-state index in [2.05, 4.69) is 202 Å². The Morgan fingerprint density at radius 2 is 0.660 bits per heavy atom. The lowest BCUT2D eigenvalue weighted by atomic mass is 10.0. The molecule has 238 valence electrons. The summed E-state index contributed by atoms with van der Waals surface area (Å²) in [4.78, 5) is 0. The van der Waals surface area contributed by atoms with Crippen LogP contribution in [0.4, 0.5) is 34.1 Å². The summed E-state index contributed by atoms with van der Waals surface area (Å²) in [5, 5.41) is 14.5. The molecule has 8 aromatic carbocycles. The van der Waals surface area contributed by atoms with E-state index in [4.69, 9.17) is 0 Å². The number of nitrogens with zero attached hydrogens (tertiary/aromatic N) is 4. The third kappa shape index (κ3) is 4.76. The van der Waals surface area contributed by atoms with Gasteiger partial charge < -0.3 is 0 Å². The number of rotatable bonds is 5. The van der Waals surface area contributed by atoms with Crippen molar-refractivity contribution >= 4 is 55.7 Å². The molecule has 4 nitrogen and oxygen atoms in total. The van der Waals surface area contributed by atoms with Crippen LogP contribution in [0.3, 0.4) is 0 Å². The van der Waals surface area contributed by atoms with Crippen molar-refractivity contribution in [1.29, 1.82) is 0 Å². The standard InChI is InChI=1S/C46H34N4/c1-3-11-37-29-43(27-21-33(37)9-1)47-31-39-13-5-7-15-45(39)49(47)41-23-17-35(18-24-41)36-19-25-42(26-20-36)50-46-16-8-6-14-40(46)32-48(50)44-28-22-34-10-2-4-12-38(34)30-44/h1-30H,31-32H2. The van der Waals surface area contributed by atoms with Gasteiger partial charge in [0.15, 0.2) is 0 Å². The van der Waals surface area contributed by atoms with E-state index in [0.29, 0.717) is 0 Å². The lowest BCUT2D eigenvalue weighted by Gasteiger charge is -2.33. The van der Waals surface area contributed by atoms with E-state index in [-0.39, 0.29) is 0 Å². The Morgan fingerprint density at radius 3 is 1.10 bits per heavy atom. The molecule has 0 bridgehead atoms. The van der Waals surface area contributed by atoms with Gasteiger partial charge in [-0.1, -0.05) is 121 Å². The largest absolute Gasteiger partial charge is 0.276 e. The zero-order valence-corrected chi connectivity index (χ0v) is 27.5. The molecule has 0 N–H and O–H groups in total. The highest BCUT2D eigenvalue weighted by molar-refractivity contribution is 5.89. The Hall–Kier alpha value is -6.52.